The lowest BCUT2D eigenvalue weighted by atomic mass is 9.89. The molecule has 9 nitrogen and oxygen atoms in total. The van der Waals surface area contributed by atoms with Crippen LogP contribution in [0.5, 0.6) is 5.75 Å². The number of aryl methyl sites for hydroxylation is 1. The van der Waals surface area contributed by atoms with Crippen LogP contribution in [0.4, 0.5) is 4.39 Å². The molecule has 2 aliphatic heterocycles. The molecule has 214 valence electrons. The zero-order chi connectivity index (χ0) is 29.5. The average molecular weight is 562 g/mol. The molecule has 0 bridgehead atoms. The second-order valence-electron chi connectivity index (χ2n) is 10.7. The van der Waals surface area contributed by atoms with Gasteiger partial charge in [0.2, 0.25) is 0 Å². The van der Waals surface area contributed by atoms with E-state index in [4.69, 9.17) is 4.74 Å². The normalized spacial score (nSPS) is 21.2. The highest BCUT2D eigenvalue weighted by atomic mass is 19.1. The van der Waals surface area contributed by atoms with Crippen LogP contribution in [-0.2, 0) is 27.3 Å². The quantitative estimate of drug-likeness (QED) is 0.364. The van der Waals surface area contributed by atoms with Crippen molar-refractivity contribution in [3.05, 3.63) is 100 Å². The van der Waals surface area contributed by atoms with E-state index in [1.165, 1.54) is 34.1 Å². The first-order chi connectivity index (χ1) is 19.5. The Labute approximate surface area is 237 Å². The van der Waals surface area contributed by atoms with Crippen molar-refractivity contribution in [2.45, 2.75) is 57.6 Å². The molecule has 4 atom stereocenters. The van der Waals surface area contributed by atoms with Crippen molar-refractivity contribution in [1.82, 2.24) is 15.1 Å². The molecule has 2 fully saturated rings. The Balaban J connectivity index is 1.35. The van der Waals surface area contributed by atoms with Crippen LogP contribution in [0.1, 0.15) is 39.5 Å². The number of ether oxygens (including phenoxy) is 1. The van der Waals surface area contributed by atoms with Gasteiger partial charge < -0.3 is 25.2 Å². The maximum Gasteiger partial charge on any atom is 0.256 e. The van der Waals surface area contributed by atoms with E-state index in [-0.39, 0.29) is 36.9 Å². The molecule has 2 heterocycles. The predicted molar refractivity (Wildman–Crippen MR) is 147 cm³/mol. The van der Waals surface area contributed by atoms with Crippen LogP contribution < -0.4 is 5.32 Å². The molecule has 0 aliphatic carbocycles. The van der Waals surface area contributed by atoms with Crippen LogP contribution in [0.2, 0.25) is 0 Å². The highest BCUT2D eigenvalue weighted by molar-refractivity contribution is 5.98. The molecule has 3 N–H and O–H groups in total. The molecule has 0 radical (unpaired) electrons. The van der Waals surface area contributed by atoms with Crippen LogP contribution in [0, 0.1) is 19.7 Å². The van der Waals surface area contributed by atoms with Crippen LogP contribution in [0.3, 0.4) is 0 Å². The topological polar surface area (TPSA) is 119 Å². The number of benzene rings is 3. The number of nitrogens with zero attached hydrogens (tertiary/aromatic N) is 2. The van der Waals surface area contributed by atoms with E-state index in [0.717, 1.165) is 11.1 Å². The number of likely N-dealkylation sites (tertiary alicyclic amines) is 1. The molecule has 41 heavy (non-hydrogen) atoms. The molecule has 0 saturated carbocycles. The molecule has 0 aromatic heterocycles. The Kier molecular flexibility index (Phi) is 7.54. The minimum absolute atomic E-state index is 0.0520. The van der Waals surface area contributed by atoms with Gasteiger partial charge >= 0.3 is 0 Å². The number of aromatic hydroxyl groups is 1. The molecule has 0 spiro atoms. The lowest BCUT2D eigenvalue weighted by molar-refractivity contribution is -0.202. The van der Waals surface area contributed by atoms with E-state index in [2.05, 4.69) is 5.32 Å². The van der Waals surface area contributed by atoms with Crippen LogP contribution in [0.15, 0.2) is 66.7 Å². The zero-order valence-corrected chi connectivity index (χ0v) is 23.0. The number of aliphatic hydroxyl groups is 1. The highest BCUT2D eigenvalue weighted by Gasteiger charge is 2.66. The van der Waals surface area contributed by atoms with Gasteiger partial charge in [0.15, 0.2) is 17.9 Å². The SMILES string of the molecule is Cc1ccc(F)cc1CN1C(=O)[C@H]2N(C(=O)[C@@H](O)[C@H](Cc3ccccc3)NC(=O)c3cccc(O)c3C)COC21C. The summed E-state index contributed by atoms with van der Waals surface area (Å²) in [5.41, 5.74) is 1.63. The van der Waals surface area contributed by atoms with Crippen LogP contribution in [-0.4, -0.2) is 68.4 Å². The summed E-state index contributed by atoms with van der Waals surface area (Å²) in [6.07, 6.45) is -1.57. The smallest absolute Gasteiger partial charge is 0.256 e. The summed E-state index contributed by atoms with van der Waals surface area (Å²) in [6.45, 7) is 4.97. The third-order valence-electron chi connectivity index (χ3n) is 8.07. The van der Waals surface area contributed by atoms with Crippen molar-refractivity contribution in [3.8, 4) is 5.75 Å². The Morgan fingerprint density at radius 1 is 1.12 bits per heavy atom. The molecule has 10 heteroatoms. The van der Waals surface area contributed by atoms with Crippen molar-refractivity contribution in [2.24, 2.45) is 0 Å². The second kappa shape index (κ2) is 10.9. The first-order valence-corrected chi connectivity index (χ1v) is 13.3. The molecule has 1 unspecified atom stereocenters. The number of rotatable bonds is 8. The lowest BCUT2D eigenvalue weighted by Crippen LogP contribution is -2.74. The van der Waals surface area contributed by atoms with Gasteiger partial charge in [-0.3, -0.25) is 19.3 Å². The van der Waals surface area contributed by atoms with Crippen molar-refractivity contribution in [1.29, 1.82) is 0 Å². The van der Waals surface area contributed by atoms with Gasteiger partial charge in [0.05, 0.1) is 6.04 Å². The molecule has 3 aromatic carbocycles. The number of hydrogen-bond acceptors (Lipinski definition) is 6. The minimum atomic E-state index is -1.70. The van der Waals surface area contributed by atoms with E-state index < -0.39 is 41.5 Å². The zero-order valence-electron chi connectivity index (χ0n) is 23.0. The molecule has 2 saturated heterocycles. The second-order valence-corrected chi connectivity index (χ2v) is 10.7. The van der Waals surface area contributed by atoms with Crippen molar-refractivity contribution >= 4 is 17.7 Å². The van der Waals surface area contributed by atoms with Gasteiger partial charge in [-0.1, -0.05) is 42.5 Å². The predicted octanol–water partition coefficient (Wildman–Crippen LogP) is 2.79. The summed E-state index contributed by atoms with van der Waals surface area (Å²) in [5.74, 6) is -2.18. The molecule has 5 rings (SSSR count). The number of fused-ring (bicyclic) bond motifs is 1. The van der Waals surface area contributed by atoms with Crippen LogP contribution in [0.25, 0.3) is 0 Å². The van der Waals surface area contributed by atoms with Gasteiger partial charge in [0, 0.05) is 17.7 Å². The molecule has 3 amide bonds. The first-order valence-electron chi connectivity index (χ1n) is 13.3. The van der Waals surface area contributed by atoms with Crippen molar-refractivity contribution in [2.75, 3.05) is 6.73 Å². The Morgan fingerprint density at radius 2 is 1.85 bits per heavy atom. The number of halogens is 1. The van der Waals surface area contributed by atoms with Gasteiger partial charge in [0.25, 0.3) is 17.7 Å². The molecule has 3 aromatic rings. The molecular weight excluding hydrogens is 529 g/mol. The fraction of sp³-hybridized carbons (Fsp3) is 0.323. The van der Waals surface area contributed by atoms with Gasteiger partial charge in [0.1, 0.15) is 18.3 Å². The Hall–Kier alpha value is -4.28. The summed E-state index contributed by atoms with van der Waals surface area (Å²) >= 11 is 0. The Bertz CT molecular complexity index is 1500. The maximum absolute atomic E-state index is 13.9. The Morgan fingerprint density at radius 3 is 2.59 bits per heavy atom. The summed E-state index contributed by atoms with van der Waals surface area (Å²) in [5, 5.41) is 24.1. The number of aliphatic hydroxyl groups excluding tert-OH is 1. The number of amides is 3. The average Bonchev–Trinajstić information content (AvgIpc) is 3.27. The minimum Gasteiger partial charge on any atom is -0.508 e. The maximum atomic E-state index is 13.9. The number of β-lactam (4-membered cyclic amide) rings is 1. The number of hydrogen-bond donors (Lipinski definition) is 3. The monoisotopic (exact) mass is 561 g/mol. The molecular formula is C31H32FN3O6. The van der Waals surface area contributed by atoms with Crippen molar-refractivity contribution in [3.63, 3.8) is 0 Å². The van der Waals surface area contributed by atoms with Gasteiger partial charge in [-0.05, 0) is 68.1 Å². The van der Waals surface area contributed by atoms with E-state index >= 15 is 0 Å². The summed E-state index contributed by atoms with van der Waals surface area (Å²) in [7, 11) is 0. The van der Waals surface area contributed by atoms with Gasteiger partial charge in [-0.25, -0.2) is 4.39 Å². The highest BCUT2D eigenvalue weighted by Crippen LogP contribution is 2.43. The number of carbonyl (C=O) groups is 3. The van der Waals surface area contributed by atoms with Crippen molar-refractivity contribution < 1.29 is 33.7 Å². The summed E-state index contributed by atoms with van der Waals surface area (Å²) < 4.78 is 19.8. The third-order valence-corrected chi connectivity index (χ3v) is 8.07. The lowest BCUT2D eigenvalue weighted by Gasteiger charge is -2.51. The fourth-order valence-electron chi connectivity index (χ4n) is 5.50. The number of phenols is 1. The van der Waals surface area contributed by atoms with Gasteiger partial charge in [-0.2, -0.15) is 0 Å². The van der Waals surface area contributed by atoms with E-state index in [1.54, 1.807) is 26.0 Å². The third kappa shape index (κ3) is 5.16. The first kappa shape index (κ1) is 28.3. The van der Waals surface area contributed by atoms with Crippen LogP contribution >= 0.6 is 0 Å². The van der Waals surface area contributed by atoms with Gasteiger partial charge in [-0.15, -0.1) is 0 Å². The standard InChI is InChI=1S/C31H32FN3O6/c1-18-12-13-22(32)15-21(18)16-35-30(40)27-31(35,3)41-17-34(27)29(39)26(37)24(14-20-8-5-4-6-9-20)33-28(38)23-10-7-11-25(36)19(23)2/h4-13,15,24,26-27,36-37H,14,16-17H2,1-3H3,(H,33,38)/t24-,26-,27+,31?/m0/s1. The fourth-order valence-corrected chi connectivity index (χ4v) is 5.50. The van der Waals surface area contributed by atoms with E-state index in [1.807, 2.05) is 37.3 Å². The summed E-state index contributed by atoms with van der Waals surface area (Å²) in [6, 6.07) is 15.9. The van der Waals surface area contributed by atoms with E-state index in [9.17, 15) is 29.0 Å². The number of carbonyl (C=O) groups excluding carboxylic acids is 3. The van der Waals surface area contributed by atoms with E-state index in [0.29, 0.717) is 11.1 Å². The number of nitrogens with one attached hydrogen (secondary N) is 1. The summed E-state index contributed by atoms with van der Waals surface area (Å²) in [4.78, 5) is 42.7. The largest absolute Gasteiger partial charge is 0.508 e. The number of phenolic OH excluding ortho intramolecular Hbond substituents is 1. The molecule has 2 aliphatic rings.